The Morgan fingerprint density at radius 3 is 2.34 bits per heavy atom. The summed E-state index contributed by atoms with van der Waals surface area (Å²) in [5.41, 5.74) is 0.423. The first-order chi connectivity index (χ1) is 24.1. The Bertz CT molecular complexity index is 1540. The summed E-state index contributed by atoms with van der Waals surface area (Å²) in [5.74, 6) is -2.31. The zero-order valence-electron chi connectivity index (χ0n) is 28.3. The Labute approximate surface area is 290 Å². The molecule has 3 fully saturated rings. The van der Waals surface area contributed by atoms with Gasteiger partial charge in [0.05, 0.1) is 12.3 Å². The topological polar surface area (TPSA) is 193 Å². The van der Waals surface area contributed by atoms with Crippen molar-refractivity contribution in [2.75, 3.05) is 52.5 Å². The first kappa shape index (κ1) is 36.1. The van der Waals surface area contributed by atoms with E-state index in [-0.39, 0.29) is 69.0 Å². The largest absolute Gasteiger partial charge is 0.481 e. The van der Waals surface area contributed by atoms with E-state index in [2.05, 4.69) is 15.7 Å². The van der Waals surface area contributed by atoms with E-state index in [1.165, 1.54) is 31.9 Å². The van der Waals surface area contributed by atoms with Crippen LogP contribution >= 0.6 is 0 Å². The molecule has 1 aliphatic carbocycles. The number of hydrogen-bond acceptors (Lipinski definition) is 9. The van der Waals surface area contributed by atoms with Crippen molar-refractivity contribution in [2.24, 2.45) is 5.92 Å². The molecule has 1 aromatic heterocycles. The number of nitrogens with zero attached hydrogens (tertiary/aromatic N) is 5. The van der Waals surface area contributed by atoms with Crippen molar-refractivity contribution in [3.05, 3.63) is 42.1 Å². The lowest BCUT2D eigenvalue weighted by atomic mass is 9.85. The Kier molecular flexibility index (Phi) is 12.3. The van der Waals surface area contributed by atoms with Crippen molar-refractivity contribution in [2.45, 2.75) is 64.0 Å². The average Bonchev–Trinajstić information content (AvgIpc) is 3.77. The number of carbonyl (C=O) groups excluding carboxylic acids is 5. The van der Waals surface area contributed by atoms with Gasteiger partial charge in [-0.05, 0) is 57.1 Å². The molecule has 1 aromatic carbocycles. The number of hydrogen-bond donors (Lipinski definition) is 3. The molecule has 3 aliphatic rings. The monoisotopic (exact) mass is 695 g/mol. The van der Waals surface area contributed by atoms with Gasteiger partial charge in [-0.15, -0.1) is 0 Å². The molecule has 2 aliphatic heterocycles. The molecule has 270 valence electrons. The first-order valence-electron chi connectivity index (χ1n) is 17.2. The maximum atomic E-state index is 13.5. The molecule has 0 bridgehead atoms. The standard InChI is InChI=1S/C34H45N7O9/c1-2-49-34(48)39-18-16-38(17-19-39)33(47)25(13-14-30(43)44)36-31(45)26-20-29(41(37-26)24-10-4-3-5-11-24)50-22-28(42)40-15-7-12-27(40)32(46)35-21-23-8-6-9-23/h3-5,10-11,20,23,25,27H,2,6-9,12-19,21-22H2,1H3,(H,35,46)(H,36,45)(H,43,44)/t25-,27-/m0/s1. The van der Waals surface area contributed by atoms with Crippen molar-refractivity contribution in [3.63, 3.8) is 0 Å². The molecule has 2 saturated heterocycles. The molecule has 5 amide bonds. The molecule has 0 spiro atoms. The van der Waals surface area contributed by atoms with Gasteiger partial charge in [0.15, 0.2) is 12.3 Å². The van der Waals surface area contributed by atoms with Crippen molar-refractivity contribution in [1.29, 1.82) is 0 Å². The quantitative estimate of drug-likeness (QED) is 0.260. The fraction of sp³-hybridized carbons (Fsp3) is 0.559. The second-order valence-corrected chi connectivity index (χ2v) is 12.7. The van der Waals surface area contributed by atoms with Gasteiger partial charge in [-0.1, -0.05) is 24.6 Å². The highest BCUT2D eigenvalue weighted by Crippen LogP contribution is 2.26. The van der Waals surface area contributed by atoms with Gasteiger partial charge in [0.2, 0.25) is 17.7 Å². The number of ether oxygens (including phenoxy) is 2. The predicted octanol–water partition coefficient (Wildman–Crippen LogP) is 1.42. The van der Waals surface area contributed by atoms with Gasteiger partial charge in [0.1, 0.15) is 12.1 Å². The third-order valence-corrected chi connectivity index (χ3v) is 9.29. The van der Waals surface area contributed by atoms with Gasteiger partial charge in [0.25, 0.3) is 11.8 Å². The maximum Gasteiger partial charge on any atom is 0.409 e. The molecule has 2 atom stereocenters. The lowest BCUT2D eigenvalue weighted by Crippen LogP contribution is -2.56. The summed E-state index contributed by atoms with van der Waals surface area (Å²) < 4.78 is 12.3. The molecular formula is C34H45N7O9. The van der Waals surface area contributed by atoms with Crippen LogP contribution in [0.2, 0.25) is 0 Å². The Morgan fingerprint density at radius 2 is 1.68 bits per heavy atom. The van der Waals surface area contributed by atoms with Crippen LogP contribution in [0, 0.1) is 5.92 Å². The van der Waals surface area contributed by atoms with Gasteiger partial charge >= 0.3 is 12.1 Å². The zero-order chi connectivity index (χ0) is 35.6. The minimum Gasteiger partial charge on any atom is -0.481 e. The highest BCUT2D eigenvalue weighted by atomic mass is 16.6. The second-order valence-electron chi connectivity index (χ2n) is 12.7. The fourth-order valence-electron chi connectivity index (χ4n) is 6.25. The van der Waals surface area contributed by atoms with E-state index in [9.17, 15) is 33.9 Å². The lowest BCUT2D eigenvalue weighted by molar-refractivity contribution is -0.140. The lowest BCUT2D eigenvalue weighted by Gasteiger charge is -2.35. The summed E-state index contributed by atoms with van der Waals surface area (Å²) in [6.07, 6.45) is 3.63. The number of carbonyl (C=O) groups is 6. The summed E-state index contributed by atoms with van der Waals surface area (Å²) in [6.45, 7) is 3.41. The normalized spacial score (nSPS) is 18.2. The van der Waals surface area contributed by atoms with E-state index < -0.39 is 42.6 Å². The third-order valence-electron chi connectivity index (χ3n) is 9.29. The molecule has 5 rings (SSSR count). The number of aromatic nitrogens is 2. The molecule has 1 saturated carbocycles. The van der Waals surface area contributed by atoms with Crippen LogP contribution in [0.25, 0.3) is 5.69 Å². The Morgan fingerprint density at radius 1 is 0.960 bits per heavy atom. The molecule has 50 heavy (non-hydrogen) atoms. The molecule has 0 radical (unpaired) electrons. The van der Waals surface area contributed by atoms with E-state index >= 15 is 0 Å². The summed E-state index contributed by atoms with van der Waals surface area (Å²) in [5, 5.41) is 19.4. The van der Waals surface area contributed by atoms with E-state index in [1.807, 2.05) is 0 Å². The number of para-hydroxylation sites is 1. The molecule has 2 aromatic rings. The summed E-state index contributed by atoms with van der Waals surface area (Å²) in [6, 6.07) is 8.42. The van der Waals surface area contributed by atoms with Crippen LogP contribution in [0.15, 0.2) is 36.4 Å². The first-order valence-corrected chi connectivity index (χ1v) is 17.2. The highest BCUT2D eigenvalue weighted by molar-refractivity contribution is 5.96. The number of amides is 5. The number of nitrogens with one attached hydrogen (secondary N) is 2. The number of rotatable bonds is 14. The number of piperazine rings is 1. The van der Waals surface area contributed by atoms with Crippen molar-refractivity contribution in [1.82, 2.24) is 35.1 Å². The van der Waals surface area contributed by atoms with Gasteiger partial charge in [-0.25, -0.2) is 9.48 Å². The van der Waals surface area contributed by atoms with Gasteiger partial charge in [-0.2, -0.15) is 5.10 Å². The van der Waals surface area contributed by atoms with Gasteiger partial charge < -0.3 is 39.9 Å². The van der Waals surface area contributed by atoms with Crippen LogP contribution in [0.4, 0.5) is 4.79 Å². The van der Waals surface area contributed by atoms with E-state index in [0.717, 1.165) is 12.8 Å². The summed E-state index contributed by atoms with van der Waals surface area (Å²) in [4.78, 5) is 81.3. The van der Waals surface area contributed by atoms with Crippen molar-refractivity contribution in [3.8, 4) is 11.6 Å². The van der Waals surface area contributed by atoms with Crippen LogP contribution in [0.3, 0.4) is 0 Å². The summed E-state index contributed by atoms with van der Waals surface area (Å²) in [7, 11) is 0. The molecule has 0 unspecified atom stereocenters. The van der Waals surface area contributed by atoms with E-state index in [4.69, 9.17) is 9.47 Å². The number of likely N-dealkylation sites (tertiary alicyclic amines) is 1. The molecule has 16 heteroatoms. The van der Waals surface area contributed by atoms with Crippen LogP contribution in [-0.2, 0) is 23.9 Å². The molecule has 16 nitrogen and oxygen atoms in total. The van der Waals surface area contributed by atoms with Crippen LogP contribution in [0.5, 0.6) is 5.88 Å². The predicted molar refractivity (Wildman–Crippen MR) is 177 cm³/mol. The molecule has 3 heterocycles. The third kappa shape index (κ3) is 9.09. The maximum absolute atomic E-state index is 13.5. The van der Waals surface area contributed by atoms with Crippen LogP contribution in [-0.4, -0.2) is 130 Å². The minimum absolute atomic E-state index is 0.0865. The van der Waals surface area contributed by atoms with Crippen molar-refractivity contribution < 1.29 is 43.3 Å². The molecule has 3 N–H and O–H groups in total. The van der Waals surface area contributed by atoms with Gasteiger partial charge in [-0.3, -0.25) is 24.0 Å². The van der Waals surface area contributed by atoms with Crippen LogP contribution in [0.1, 0.15) is 62.4 Å². The second kappa shape index (κ2) is 17.0. The van der Waals surface area contributed by atoms with E-state index in [0.29, 0.717) is 37.5 Å². The van der Waals surface area contributed by atoms with Gasteiger partial charge in [0, 0.05) is 51.8 Å². The average molecular weight is 696 g/mol. The SMILES string of the molecule is CCOC(=O)N1CCN(C(=O)[C@H](CCC(=O)O)NC(=O)c2cc(OCC(=O)N3CCC[C@H]3C(=O)NCC3CCC3)n(-c3ccccc3)n2)CC1. The van der Waals surface area contributed by atoms with Crippen LogP contribution < -0.4 is 15.4 Å². The zero-order valence-corrected chi connectivity index (χ0v) is 28.3. The number of carboxylic acids is 1. The fourth-order valence-corrected chi connectivity index (χ4v) is 6.25. The smallest absolute Gasteiger partial charge is 0.409 e. The highest BCUT2D eigenvalue weighted by Gasteiger charge is 2.35. The number of benzene rings is 1. The summed E-state index contributed by atoms with van der Waals surface area (Å²) >= 11 is 0. The minimum atomic E-state index is -1.18. The Hall–Kier alpha value is -5.15. The number of aliphatic carboxylic acids is 1. The molecular weight excluding hydrogens is 650 g/mol. The van der Waals surface area contributed by atoms with Crippen molar-refractivity contribution >= 4 is 35.7 Å². The van der Waals surface area contributed by atoms with E-state index in [1.54, 1.807) is 37.3 Å². The Balaban J connectivity index is 1.26. The number of carboxylic acid groups (broad SMARTS) is 1.